The molecule has 1 unspecified atom stereocenters. The SMILES string of the molecule is CC(Nc1nccn2nccc12)(C(=O)O)C(F)(F)F. The van der Waals surface area contributed by atoms with Crippen LogP contribution in [0, 0.1) is 0 Å². The fourth-order valence-corrected chi connectivity index (χ4v) is 1.44. The predicted molar refractivity (Wildman–Crippen MR) is 58.7 cm³/mol. The number of carbonyl (C=O) groups is 1. The summed E-state index contributed by atoms with van der Waals surface area (Å²) < 4.78 is 39.9. The first kappa shape index (κ1) is 13.1. The molecule has 102 valence electrons. The van der Waals surface area contributed by atoms with Gasteiger partial charge in [0, 0.05) is 12.4 Å². The van der Waals surface area contributed by atoms with Crippen LogP contribution in [0.5, 0.6) is 0 Å². The third-order valence-electron chi connectivity index (χ3n) is 2.69. The Balaban J connectivity index is 2.48. The topological polar surface area (TPSA) is 79.5 Å². The standard InChI is InChI=1S/C10H9F3N4O2/c1-9(8(18)19,10(11,12)13)16-7-6-2-3-15-17(6)5-4-14-7/h2-5H,1H3,(H,14,16)(H,18,19). The molecule has 0 aliphatic heterocycles. The highest BCUT2D eigenvalue weighted by Gasteiger charge is 2.58. The molecule has 0 saturated carbocycles. The third kappa shape index (κ3) is 2.07. The normalized spacial score (nSPS) is 15.2. The first-order chi connectivity index (χ1) is 8.75. The number of rotatable bonds is 3. The molecule has 1 atom stereocenters. The van der Waals surface area contributed by atoms with Crippen molar-refractivity contribution < 1.29 is 23.1 Å². The minimum Gasteiger partial charge on any atom is -0.479 e. The minimum absolute atomic E-state index is 0.206. The van der Waals surface area contributed by atoms with Crippen LogP contribution in [0.1, 0.15) is 6.92 Å². The van der Waals surface area contributed by atoms with Crippen LogP contribution in [0.3, 0.4) is 0 Å². The van der Waals surface area contributed by atoms with E-state index in [1.165, 1.54) is 29.2 Å². The third-order valence-corrected chi connectivity index (χ3v) is 2.69. The summed E-state index contributed by atoms with van der Waals surface area (Å²) in [5.74, 6) is -2.24. The second kappa shape index (κ2) is 4.11. The van der Waals surface area contributed by atoms with Crippen LogP contribution < -0.4 is 5.32 Å². The molecule has 0 spiro atoms. The number of aliphatic carboxylic acids is 1. The molecule has 9 heteroatoms. The van der Waals surface area contributed by atoms with Gasteiger partial charge in [-0.15, -0.1) is 0 Å². The van der Waals surface area contributed by atoms with Gasteiger partial charge in [0.15, 0.2) is 5.82 Å². The Morgan fingerprint density at radius 2 is 2.11 bits per heavy atom. The summed E-state index contributed by atoms with van der Waals surface area (Å²) in [5.41, 5.74) is -2.88. The zero-order valence-corrected chi connectivity index (χ0v) is 9.64. The molecule has 0 aliphatic rings. The molecule has 0 amide bonds. The van der Waals surface area contributed by atoms with Crippen LogP contribution >= 0.6 is 0 Å². The largest absolute Gasteiger partial charge is 0.479 e. The molecule has 19 heavy (non-hydrogen) atoms. The van der Waals surface area contributed by atoms with Crippen LogP contribution in [0.15, 0.2) is 24.7 Å². The molecule has 2 N–H and O–H groups in total. The van der Waals surface area contributed by atoms with Gasteiger partial charge >= 0.3 is 12.1 Å². The maximum Gasteiger partial charge on any atom is 0.422 e. The van der Waals surface area contributed by atoms with Gasteiger partial charge in [0.1, 0.15) is 5.52 Å². The lowest BCUT2D eigenvalue weighted by atomic mass is 10.0. The van der Waals surface area contributed by atoms with Crippen LogP contribution in [-0.2, 0) is 4.79 Å². The number of hydrogen-bond acceptors (Lipinski definition) is 4. The number of aromatic nitrogens is 3. The van der Waals surface area contributed by atoms with Gasteiger partial charge in [-0.05, 0) is 13.0 Å². The molecule has 0 bridgehead atoms. The molecule has 2 aromatic heterocycles. The molecule has 0 aromatic carbocycles. The smallest absolute Gasteiger partial charge is 0.422 e. The van der Waals surface area contributed by atoms with Crippen LogP contribution in [0.25, 0.3) is 5.52 Å². The molecule has 0 fully saturated rings. The molecule has 0 radical (unpaired) electrons. The van der Waals surface area contributed by atoms with Gasteiger partial charge < -0.3 is 10.4 Å². The maximum atomic E-state index is 12.9. The van der Waals surface area contributed by atoms with Crippen molar-refractivity contribution in [3.8, 4) is 0 Å². The predicted octanol–water partition coefficient (Wildman–Crippen LogP) is 1.55. The van der Waals surface area contributed by atoms with Crippen molar-refractivity contribution in [2.45, 2.75) is 18.6 Å². The summed E-state index contributed by atoms with van der Waals surface area (Å²) in [6.07, 6.45) is -0.950. The van der Waals surface area contributed by atoms with E-state index in [4.69, 9.17) is 5.11 Å². The van der Waals surface area contributed by atoms with Crippen molar-refractivity contribution in [1.82, 2.24) is 14.6 Å². The highest BCUT2D eigenvalue weighted by Crippen LogP contribution is 2.34. The molecule has 6 nitrogen and oxygen atoms in total. The Labute approximate surface area is 104 Å². The zero-order chi connectivity index (χ0) is 14.3. The van der Waals surface area contributed by atoms with E-state index in [0.29, 0.717) is 6.92 Å². The van der Waals surface area contributed by atoms with Crippen molar-refractivity contribution in [3.63, 3.8) is 0 Å². The van der Waals surface area contributed by atoms with E-state index in [1.807, 2.05) is 5.32 Å². The second-order valence-electron chi connectivity index (χ2n) is 3.99. The highest BCUT2D eigenvalue weighted by atomic mass is 19.4. The van der Waals surface area contributed by atoms with Crippen LogP contribution in [0.2, 0.25) is 0 Å². The number of alkyl halides is 3. The zero-order valence-electron chi connectivity index (χ0n) is 9.64. The summed E-state index contributed by atoms with van der Waals surface area (Å²) in [4.78, 5) is 14.6. The van der Waals surface area contributed by atoms with Gasteiger partial charge in [-0.2, -0.15) is 18.3 Å². The van der Waals surface area contributed by atoms with Gasteiger partial charge in [-0.25, -0.2) is 14.3 Å². The van der Waals surface area contributed by atoms with Crippen molar-refractivity contribution in [2.24, 2.45) is 0 Å². The van der Waals surface area contributed by atoms with Crippen LogP contribution in [-0.4, -0.2) is 37.4 Å². The van der Waals surface area contributed by atoms with E-state index in [9.17, 15) is 18.0 Å². The summed E-state index contributed by atoms with van der Waals surface area (Å²) in [7, 11) is 0. The number of halogens is 3. The number of anilines is 1. The summed E-state index contributed by atoms with van der Waals surface area (Å²) in [5, 5.41) is 14.6. The van der Waals surface area contributed by atoms with Gasteiger partial charge in [-0.3, -0.25) is 0 Å². The van der Waals surface area contributed by atoms with E-state index >= 15 is 0 Å². The minimum atomic E-state index is -4.98. The summed E-state index contributed by atoms with van der Waals surface area (Å²) in [6.45, 7) is 0.539. The molecule has 2 aromatic rings. The Morgan fingerprint density at radius 1 is 1.42 bits per heavy atom. The number of nitrogens with one attached hydrogen (secondary N) is 1. The Bertz CT molecular complexity index is 625. The Hall–Kier alpha value is -2.32. The fraction of sp³-hybridized carbons (Fsp3) is 0.300. The lowest BCUT2D eigenvalue weighted by molar-refractivity contribution is -0.192. The molecule has 0 saturated heterocycles. The summed E-state index contributed by atoms with van der Waals surface area (Å²) in [6, 6.07) is 1.42. The van der Waals surface area contributed by atoms with Crippen molar-refractivity contribution in [3.05, 3.63) is 24.7 Å². The van der Waals surface area contributed by atoms with E-state index in [0.717, 1.165) is 0 Å². The monoisotopic (exact) mass is 274 g/mol. The fourth-order valence-electron chi connectivity index (χ4n) is 1.44. The lowest BCUT2D eigenvalue weighted by Gasteiger charge is -2.29. The van der Waals surface area contributed by atoms with E-state index in [2.05, 4.69) is 10.1 Å². The average Bonchev–Trinajstić information content (AvgIpc) is 2.76. The first-order valence-electron chi connectivity index (χ1n) is 5.12. The first-order valence-corrected chi connectivity index (χ1v) is 5.12. The van der Waals surface area contributed by atoms with Gasteiger partial charge in [0.2, 0.25) is 5.54 Å². The number of fused-ring (bicyclic) bond motifs is 1. The molecular weight excluding hydrogens is 265 g/mol. The van der Waals surface area contributed by atoms with Crippen LogP contribution in [0.4, 0.5) is 19.0 Å². The van der Waals surface area contributed by atoms with Crippen molar-refractivity contribution in [2.75, 3.05) is 5.32 Å². The number of carboxylic acid groups (broad SMARTS) is 1. The number of nitrogens with zero attached hydrogens (tertiary/aromatic N) is 3. The molecule has 0 aliphatic carbocycles. The molecule has 2 rings (SSSR count). The average molecular weight is 274 g/mol. The highest BCUT2D eigenvalue weighted by molar-refractivity contribution is 5.85. The van der Waals surface area contributed by atoms with Crippen molar-refractivity contribution in [1.29, 1.82) is 0 Å². The molecule has 2 heterocycles. The van der Waals surface area contributed by atoms with Gasteiger partial charge in [0.25, 0.3) is 0 Å². The van der Waals surface area contributed by atoms with E-state index in [1.54, 1.807) is 0 Å². The number of hydrogen-bond donors (Lipinski definition) is 2. The lowest BCUT2D eigenvalue weighted by Crippen LogP contribution is -2.55. The quantitative estimate of drug-likeness (QED) is 0.887. The van der Waals surface area contributed by atoms with E-state index in [-0.39, 0.29) is 11.3 Å². The maximum absolute atomic E-state index is 12.9. The molecular formula is C10H9F3N4O2. The van der Waals surface area contributed by atoms with Gasteiger partial charge in [-0.1, -0.05) is 0 Å². The second-order valence-corrected chi connectivity index (χ2v) is 3.99. The number of carboxylic acids is 1. The summed E-state index contributed by atoms with van der Waals surface area (Å²) >= 11 is 0. The van der Waals surface area contributed by atoms with Gasteiger partial charge in [0.05, 0.1) is 6.20 Å². The Morgan fingerprint density at radius 3 is 2.68 bits per heavy atom. The van der Waals surface area contributed by atoms with E-state index < -0.39 is 17.7 Å². The Kier molecular flexibility index (Phi) is 2.84. The van der Waals surface area contributed by atoms with Crippen molar-refractivity contribution >= 4 is 17.3 Å².